The van der Waals surface area contributed by atoms with Gasteiger partial charge in [-0.1, -0.05) is 24.3 Å². The lowest BCUT2D eigenvalue weighted by Crippen LogP contribution is -2.37. The molecule has 5 aliphatic rings. The van der Waals surface area contributed by atoms with E-state index in [2.05, 4.69) is 0 Å². The van der Waals surface area contributed by atoms with E-state index in [9.17, 15) is 24.0 Å². The van der Waals surface area contributed by atoms with Crippen molar-refractivity contribution in [1.82, 2.24) is 5.06 Å². The summed E-state index contributed by atoms with van der Waals surface area (Å²) >= 11 is 0. The highest BCUT2D eigenvalue weighted by molar-refractivity contribution is 6.15. The number of anilines is 2. The van der Waals surface area contributed by atoms with Crippen molar-refractivity contribution in [2.45, 2.75) is 70.4 Å². The summed E-state index contributed by atoms with van der Waals surface area (Å²) < 4.78 is 40.0. The molecule has 0 aromatic heterocycles. The molecule has 17 nitrogen and oxygen atoms in total. The molecule has 2 atom stereocenters. The number of fused-ring (bicyclic) bond motifs is 8. The van der Waals surface area contributed by atoms with Gasteiger partial charge in [0, 0.05) is 61.3 Å². The van der Waals surface area contributed by atoms with Crippen molar-refractivity contribution >= 4 is 52.9 Å². The van der Waals surface area contributed by atoms with E-state index in [1.165, 1.54) is 0 Å². The van der Waals surface area contributed by atoms with Crippen molar-refractivity contribution in [3.05, 3.63) is 100 Å². The van der Waals surface area contributed by atoms with Gasteiger partial charge in [-0.3, -0.25) is 29.1 Å². The van der Waals surface area contributed by atoms with Crippen LogP contribution in [-0.2, 0) is 52.7 Å². The third-order valence-electron chi connectivity index (χ3n) is 12.1. The predicted molar refractivity (Wildman–Crippen MR) is 238 cm³/mol. The van der Waals surface area contributed by atoms with Gasteiger partial charge in [-0.05, 0) is 78.8 Å². The van der Waals surface area contributed by atoms with Crippen LogP contribution in [0.3, 0.4) is 0 Å². The minimum Gasteiger partial charge on any atom is -0.493 e. The number of hydroxylamine groups is 2. The average Bonchev–Trinajstić information content (AvgIpc) is 3.93. The molecular formula is C49H50N4O13. The van der Waals surface area contributed by atoms with Gasteiger partial charge in [-0.15, -0.1) is 5.06 Å². The Balaban J connectivity index is 0.721. The number of nitrogens with zero attached hydrogens (tertiary/aromatic N) is 4. The van der Waals surface area contributed by atoms with Crippen LogP contribution in [0.1, 0.15) is 75.1 Å². The second-order valence-electron chi connectivity index (χ2n) is 16.5. The smallest absolute Gasteiger partial charge is 0.335 e. The van der Waals surface area contributed by atoms with E-state index in [4.69, 9.17) is 43.0 Å². The molecule has 1 saturated heterocycles. The van der Waals surface area contributed by atoms with E-state index in [0.29, 0.717) is 65.2 Å². The number of aliphatic imine (C=N–C) groups is 1. The van der Waals surface area contributed by atoms with Gasteiger partial charge in [-0.2, -0.15) is 0 Å². The lowest BCUT2D eigenvalue weighted by Gasteiger charge is -2.24. The van der Waals surface area contributed by atoms with Crippen LogP contribution in [0.15, 0.2) is 71.7 Å². The molecule has 344 valence electrons. The Kier molecular flexibility index (Phi) is 13.3. The molecule has 0 bridgehead atoms. The summed E-state index contributed by atoms with van der Waals surface area (Å²) in [5, 5.41) is 0.497. The standard InChI is InChI=1S/C49H50N4O13/c1-30-20-37-31(23-42(30)64-15-5-16-65-44-26-39-38(25-43(44)59-2)49(58)52-35(27-50-39)22-32-6-3-4-7-40(32)52)8-10-34-21-33-9-11-36(24-41(33)51(34)48(37)57)63-19-18-61-29-62-28-60-17-14-47(56)66-53-45(54)12-13-46(53)55/h3-4,6-7,9,11,20,23-27,34-35H,5,8,10,12-19,21-22,28-29H2,1-2H3/t34-,35+/m1/s1. The zero-order chi connectivity index (χ0) is 45.7. The third-order valence-corrected chi connectivity index (χ3v) is 12.1. The zero-order valence-corrected chi connectivity index (χ0v) is 36.8. The second-order valence-corrected chi connectivity index (χ2v) is 16.5. The number of carbonyl (C=O) groups is 5. The summed E-state index contributed by atoms with van der Waals surface area (Å²) in [6.07, 6.45) is 5.31. The third kappa shape index (κ3) is 9.32. The van der Waals surface area contributed by atoms with E-state index in [-0.39, 0.29) is 76.6 Å². The number of hydrogen-bond acceptors (Lipinski definition) is 14. The van der Waals surface area contributed by atoms with Crippen LogP contribution in [0, 0.1) is 6.92 Å². The van der Waals surface area contributed by atoms with E-state index < -0.39 is 17.8 Å². The van der Waals surface area contributed by atoms with Gasteiger partial charge in [-0.25, -0.2) is 4.79 Å². The number of ether oxygens (including phenoxy) is 7. The molecule has 4 amide bonds. The highest BCUT2D eigenvalue weighted by Crippen LogP contribution is 2.42. The number of methoxy groups -OCH3 is 1. The fourth-order valence-corrected chi connectivity index (χ4v) is 8.88. The Morgan fingerprint density at radius 3 is 2.26 bits per heavy atom. The molecule has 0 saturated carbocycles. The number of para-hydroxylation sites is 1. The van der Waals surface area contributed by atoms with E-state index >= 15 is 0 Å². The Morgan fingerprint density at radius 2 is 1.44 bits per heavy atom. The van der Waals surface area contributed by atoms with Crippen LogP contribution in [0.4, 0.5) is 17.1 Å². The summed E-state index contributed by atoms with van der Waals surface area (Å²) in [7, 11) is 1.55. The second kappa shape index (κ2) is 19.7. The molecule has 0 spiro atoms. The van der Waals surface area contributed by atoms with Crippen molar-refractivity contribution in [3.63, 3.8) is 0 Å². The number of benzene rings is 4. The fourth-order valence-electron chi connectivity index (χ4n) is 8.88. The molecular weight excluding hydrogens is 853 g/mol. The summed E-state index contributed by atoms with van der Waals surface area (Å²) in [6, 6.07) is 21.0. The molecule has 17 heteroatoms. The van der Waals surface area contributed by atoms with Gasteiger partial charge >= 0.3 is 5.97 Å². The van der Waals surface area contributed by atoms with Crippen LogP contribution in [-0.4, -0.2) is 107 Å². The molecule has 9 rings (SSSR count). The van der Waals surface area contributed by atoms with Gasteiger partial charge < -0.3 is 42.9 Å². The molecule has 0 unspecified atom stereocenters. The first-order valence-electron chi connectivity index (χ1n) is 22.1. The molecule has 5 aliphatic heterocycles. The van der Waals surface area contributed by atoms with Crippen LogP contribution < -0.4 is 28.7 Å². The van der Waals surface area contributed by atoms with Crippen LogP contribution in [0.5, 0.6) is 23.0 Å². The Hall–Kier alpha value is -6.82. The molecule has 0 aliphatic carbocycles. The van der Waals surface area contributed by atoms with E-state index in [0.717, 1.165) is 58.6 Å². The maximum Gasteiger partial charge on any atom is 0.335 e. The molecule has 66 heavy (non-hydrogen) atoms. The van der Waals surface area contributed by atoms with Gasteiger partial charge in [0.05, 0.1) is 62.9 Å². The maximum absolute atomic E-state index is 14.2. The van der Waals surface area contributed by atoms with Crippen LogP contribution >= 0.6 is 0 Å². The Labute approximate surface area is 381 Å². The molecule has 4 aromatic rings. The minimum atomic E-state index is -0.754. The van der Waals surface area contributed by atoms with Crippen molar-refractivity contribution in [2.24, 2.45) is 4.99 Å². The molecule has 0 N–H and O–H groups in total. The van der Waals surface area contributed by atoms with Crippen LogP contribution in [0.25, 0.3) is 0 Å². The highest BCUT2D eigenvalue weighted by atomic mass is 16.7. The topological polar surface area (TPSA) is 181 Å². The van der Waals surface area contributed by atoms with Crippen LogP contribution in [0.2, 0.25) is 0 Å². The quantitative estimate of drug-likeness (QED) is 0.0608. The predicted octanol–water partition coefficient (Wildman–Crippen LogP) is 6.00. The van der Waals surface area contributed by atoms with Gasteiger partial charge in [0.15, 0.2) is 11.5 Å². The number of amides is 4. The van der Waals surface area contributed by atoms with Gasteiger partial charge in [0.2, 0.25) is 0 Å². The Bertz CT molecular complexity index is 2560. The lowest BCUT2D eigenvalue weighted by atomic mass is 9.98. The zero-order valence-electron chi connectivity index (χ0n) is 36.8. The van der Waals surface area contributed by atoms with E-state index in [1.54, 1.807) is 24.1 Å². The summed E-state index contributed by atoms with van der Waals surface area (Å²) in [4.78, 5) is 76.1. The first-order valence-corrected chi connectivity index (χ1v) is 22.1. The number of imide groups is 1. The number of aryl methyl sites for hydroxylation is 2. The number of rotatable bonds is 19. The first-order chi connectivity index (χ1) is 32.2. The van der Waals surface area contributed by atoms with Crippen molar-refractivity contribution in [3.8, 4) is 23.0 Å². The fraction of sp³-hybridized carbons (Fsp3) is 0.388. The summed E-state index contributed by atoms with van der Waals surface area (Å²) in [5.41, 5.74) is 7.44. The monoisotopic (exact) mass is 902 g/mol. The maximum atomic E-state index is 14.2. The number of hydrogen-bond donors (Lipinski definition) is 0. The summed E-state index contributed by atoms with van der Waals surface area (Å²) in [6.45, 7) is 2.93. The summed E-state index contributed by atoms with van der Waals surface area (Å²) in [5.74, 6) is 0.294. The largest absolute Gasteiger partial charge is 0.493 e. The first kappa shape index (κ1) is 44.4. The van der Waals surface area contributed by atoms with Gasteiger partial charge in [0.1, 0.15) is 31.7 Å². The average molecular weight is 903 g/mol. The highest BCUT2D eigenvalue weighted by Gasteiger charge is 2.39. The molecule has 4 aromatic carbocycles. The van der Waals surface area contributed by atoms with Crippen molar-refractivity contribution in [2.75, 3.05) is 63.5 Å². The normalized spacial score (nSPS) is 17.9. The SMILES string of the molecule is COc1cc2c(cc1OCCCOc1cc3c(cc1C)C(=O)N1c4cc(OCCOCOCOCCC(=O)ON5C(=O)CCC5=O)ccc4C[C@H]1CC3)N=C[C@@H]1Cc3ccccc3N1C2=O. The van der Waals surface area contributed by atoms with Gasteiger partial charge in [0.25, 0.3) is 23.6 Å². The van der Waals surface area contributed by atoms with Crippen molar-refractivity contribution < 1.29 is 62.0 Å². The lowest BCUT2D eigenvalue weighted by molar-refractivity contribution is -0.199. The minimum absolute atomic E-state index is 0.0198. The van der Waals surface area contributed by atoms with Crippen molar-refractivity contribution in [1.29, 1.82) is 0 Å². The molecule has 0 radical (unpaired) electrons. The number of carbonyl (C=O) groups excluding carboxylic acids is 5. The van der Waals surface area contributed by atoms with E-state index in [1.807, 2.05) is 72.6 Å². The Morgan fingerprint density at radius 1 is 0.682 bits per heavy atom. The molecule has 1 fully saturated rings. The molecule has 5 heterocycles.